The fourth-order valence-corrected chi connectivity index (χ4v) is 5.03. The summed E-state index contributed by atoms with van der Waals surface area (Å²) in [5.41, 5.74) is 5.53. The Bertz CT molecular complexity index is 1830. The van der Waals surface area contributed by atoms with Gasteiger partial charge in [0.15, 0.2) is 5.82 Å². The highest BCUT2D eigenvalue weighted by molar-refractivity contribution is 6.23. The van der Waals surface area contributed by atoms with Crippen molar-refractivity contribution in [2.75, 3.05) is 5.43 Å². The Morgan fingerprint density at radius 3 is 2.15 bits per heavy atom. The fraction of sp³-hybridized carbons (Fsp3) is 0.0938. The zero-order chi connectivity index (χ0) is 27.8. The quantitative estimate of drug-likeness (QED) is 0.330. The van der Waals surface area contributed by atoms with E-state index in [1.165, 1.54) is 0 Å². The molecular weight excluding hydrogens is 504 g/mol. The predicted molar refractivity (Wildman–Crippen MR) is 151 cm³/mol. The second kappa shape index (κ2) is 10.1. The van der Waals surface area contributed by atoms with Crippen molar-refractivity contribution < 1.29 is 14.4 Å². The molecule has 40 heavy (non-hydrogen) atoms. The zero-order valence-electron chi connectivity index (χ0n) is 21.6. The Hall–Kier alpha value is -5.37. The molecule has 8 heteroatoms. The maximum Gasteiger partial charge on any atom is 0.280 e. The van der Waals surface area contributed by atoms with Gasteiger partial charge in [-0.25, -0.2) is 4.98 Å². The number of hydrogen-bond donors (Lipinski definition) is 1. The highest BCUT2D eigenvalue weighted by Crippen LogP contribution is 2.27. The first-order chi connectivity index (χ1) is 19.4. The van der Waals surface area contributed by atoms with Crippen molar-refractivity contribution in [3.8, 4) is 11.4 Å². The summed E-state index contributed by atoms with van der Waals surface area (Å²) >= 11 is 0. The molecule has 6 rings (SSSR count). The normalized spacial score (nSPS) is 13.4. The number of benzene rings is 4. The summed E-state index contributed by atoms with van der Waals surface area (Å²) in [6.45, 7) is 1.92. The van der Waals surface area contributed by atoms with Crippen LogP contribution in [0.2, 0.25) is 0 Å². The maximum absolute atomic E-state index is 14.0. The second-order valence-electron chi connectivity index (χ2n) is 9.67. The minimum atomic E-state index is -1.22. The van der Waals surface area contributed by atoms with Gasteiger partial charge in [0.1, 0.15) is 6.04 Å². The van der Waals surface area contributed by atoms with Crippen molar-refractivity contribution in [2.24, 2.45) is 0 Å². The molecule has 2 heterocycles. The van der Waals surface area contributed by atoms with Gasteiger partial charge in [-0.15, -0.1) is 0 Å². The zero-order valence-corrected chi connectivity index (χ0v) is 21.6. The number of nitrogens with zero attached hydrogens (tertiary/aromatic N) is 3. The number of fused-ring (bicyclic) bond motifs is 2. The Morgan fingerprint density at radius 1 is 0.800 bits per heavy atom. The van der Waals surface area contributed by atoms with Crippen LogP contribution in [0, 0.1) is 6.92 Å². The molecule has 0 saturated carbocycles. The molecule has 3 amide bonds. The molecule has 8 nitrogen and oxygen atoms in total. The summed E-state index contributed by atoms with van der Waals surface area (Å²) in [6, 6.07) is 28.7. The highest BCUT2D eigenvalue weighted by Gasteiger charge is 2.43. The predicted octanol–water partition coefficient (Wildman–Crippen LogP) is 4.35. The van der Waals surface area contributed by atoms with Crippen LogP contribution < -0.4 is 11.0 Å². The molecule has 0 saturated heterocycles. The van der Waals surface area contributed by atoms with Crippen LogP contribution in [0.5, 0.6) is 0 Å². The van der Waals surface area contributed by atoms with Gasteiger partial charge in [0, 0.05) is 12.0 Å². The minimum Gasteiger partial charge on any atom is -0.271 e. The van der Waals surface area contributed by atoms with Crippen molar-refractivity contribution in [3.63, 3.8) is 0 Å². The summed E-state index contributed by atoms with van der Waals surface area (Å²) in [4.78, 5) is 60.3. The molecular formula is C32H24N4O4. The van der Waals surface area contributed by atoms with Crippen molar-refractivity contribution >= 4 is 28.6 Å². The summed E-state index contributed by atoms with van der Waals surface area (Å²) in [5.74, 6) is -1.56. The molecule has 4 aromatic carbocycles. The Balaban J connectivity index is 1.46. The summed E-state index contributed by atoms with van der Waals surface area (Å²) in [6.07, 6.45) is 0.0632. The maximum atomic E-state index is 14.0. The van der Waals surface area contributed by atoms with Gasteiger partial charge in [0.25, 0.3) is 23.3 Å². The molecule has 0 spiro atoms. The molecule has 0 bridgehead atoms. The van der Waals surface area contributed by atoms with E-state index in [9.17, 15) is 19.2 Å². The third kappa shape index (κ3) is 4.35. The summed E-state index contributed by atoms with van der Waals surface area (Å²) in [5, 5.41) is 0.319. The van der Waals surface area contributed by atoms with Crippen LogP contribution in [-0.2, 0) is 11.2 Å². The van der Waals surface area contributed by atoms with E-state index in [0.717, 1.165) is 20.7 Å². The monoisotopic (exact) mass is 528 g/mol. The molecule has 196 valence electrons. The smallest absolute Gasteiger partial charge is 0.271 e. The van der Waals surface area contributed by atoms with Crippen molar-refractivity contribution in [2.45, 2.75) is 19.4 Å². The van der Waals surface area contributed by atoms with Crippen LogP contribution >= 0.6 is 0 Å². The standard InChI is InChI=1S/C32H24N4O4/c1-20-10-9-13-22(18-20)28-33-26-17-8-7-16-25(26)32(40)36(28)34-29(37)27(19-21-11-3-2-4-12-21)35-30(38)23-14-5-6-15-24(23)31(35)39/h2-18,27H,19H2,1H3,(H,34,37)/t27-/m1/s1. The SMILES string of the molecule is Cc1cccc(-c2nc3ccccc3c(=O)n2NC(=O)[C@@H](Cc2ccccc2)N2C(=O)c3ccccc3C2=O)c1. The van der Waals surface area contributed by atoms with Gasteiger partial charge in [-0.2, -0.15) is 4.68 Å². The number of carbonyl (C=O) groups excluding carboxylic acids is 3. The van der Waals surface area contributed by atoms with Crippen LogP contribution in [-0.4, -0.2) is 38.3 Å². The molecule has 0 fully saturated rings. The number of rotatable bonds is 6. The summed E-state index contributed by atoms with van der Waals surface area (Å²) in [7, 11) is 0. The summed E-state index contributed by atoms with van der Waals surface area (Å²) < 4.78 is 1.11. The minimum absolute atomic E-state index is 0.0632. The van der Waals surface area contributed by atoms with Gasteiger partial charge in [0.05, 0.1) is 22.0 Å². The molecule has 1 aliphatic rings. The molecule has 1 aromatic heterocycles. The lowest BCUT2D eigenvalue weighted by atomic mass is 10.0. The third-order valence-electron chi connectivity index (χ3n) is 6.99. The molecule has 0 aliphatic carbocycles. The van der Waals surface area contributed by atoms with Gasteiger partial charge < -0.3 is 0 Å². The van der Waals surface area contributed by atoms with Gasteiger partial charge in [-0.1, -0.05) is 78.4 Å². The Kier molecular flexibility index (Phi) is 6.28. The fourth-order valence-electron chi connectivity index (χ4n) is 5.03. The third-order valence-corrected chi connectivity index (χ3v) is 6.99. The van der Waals surface area contributed by atoms with E-state index in [0.29, 0.717) is 16.5 Å². The molecule has 0 unspecified atom stereocenters. The second-order valence-corrected chi connectivity index (χ2v) is 9.67. The molecule has 1 aliphatic heterocycles. The van der Waals surface area contributed by atoms with Gasteiger partial charge in [-0.05, 0) is 42.8 Å². The average molecular weight is 529 g/mol. The number of para-hydroxylation sites is 1. The van der Waals surface area contributed by atoms with E-state index in [2.05, 4.69) is 5.43 Å². The number of aryl methyl sites for hydroxylation is 1. The Labute approximate surface area is 229 Å². The van der Waals surface area contributed by atoms with Gasteiger partial charge in [-0.3, -0.25) is 29.5 Å². The van der Waals surface area contributed by atoms with Crippen LogP contribution in [0.25, 0.3) is 22.3 Å². The molecule has 0 radical (unpaired) electrons. The molecule has 1 atom stereocenters. The van der Waals surface area contributed by atoms with E-state index in [4.69, 9.17) is 4.98 Å². The lowest BCUT2D eigenvalue weighted by Gasteiger charge is -2.26. The van der Waals surface area contributed by atoms with E-state index >= 15 is 0 Å². The first-order valence-corrected chi connectivity index (χ1v) is 12.8. The van der Waals surface area contributed by atoms with E-state index in [1.807, 2.05) is 55.5 Å². The van der Waals surface area contributed by atoms with Crippen molar-refractivity contribution in [3.05, 3.63) is 136 Å². The number of aromatic nitrogens is 2. The van der Waals surface area contributed by atoms with E-state index < -0.39 is 29.3 Å². The number of carbonyl (C=O) groups is 3. The lowest BCUT2D eigenvalue weighted by molar-refractivity contribution is -0.120. The molecule has 1 N–H and O–H groups in total. The molecule has 5 aromatic rings. The van der Waals surface area contributed by atoms with Crippen molar-refractivity contribution in [1.82, 2.24) is 14.6 Å². The number of nitrogens with one attached hydrogen (secondary N) is 1. The number of imide groups is 1. The van der Waals surface area contributed by atoms with Crippen LogP contribution in [0.1, 0.15) is 31.8 Å². The topological polar surface area (TPSA) is 101 Å². The highest BCUT2D eigenvalue weighted by atomic mass is 16.2. The average Bonchev–Trinajstić information content (AvgIpc) is 3.23. The van der Waals surface area contributed by atoms with Crippen molar-refractivity contribution in [1.29, 1.82) is 0 Å². The van der Waals surface area contributed by atoms with Gasteiger partial charge in [0.2, 0.25) is 0 Å². The van der Waals surface area contributed by atoms with E-state index in [1.54, 1.807) is 54.6 Å². The number of hydrogen-bond acceptors (Lipinski definition) is 5. The lowest BCUT2D eigenvalue weighted by Crippen LogP contribution is -2.51. The first kappa shape index (κ1) is 24.9. The van der Waals surface area contributed by atoms with Gasteiger partial charge >= 0.3 is 0 Å². The van der Waals surface area contributed by atoms with Crippen LogP contribution in [0.4, 0.5) is 0 Å². The van der Waals surface area contributed by atoms with E-state index in [-0.39, 0.29) is 23.4 Å². The number of amides is 3. The van der Waals surface area contributed by atoms with Crippen LogP contribution in [0.3, 0.4) is 0 Å². The first-order valence-electron chi connectivity index (χ1n) is 12.8. The largest absolute Gasteiger partial charge is 0.280 e. The van der Waals surface area contributed by atoms with Crippen LogP contribution in [0.15, 0.2) is 108 Å². The Morgan fingerprint density at radius 2 is 1.45 bits per heavy atom.